The maximum absolute atomic E-state index is 7.17. The molecule has 0 bridgehead atoms. The number of furan rings is 3. The number of rotatable bonds is 6. The van der Waals surface area contributed by atoms with Crippen LogP contribution in [0.1, 0.15) is 125 Å². The Labute approximate surface area is 569 Å². The van der Waals surface area contributed by atoms with Gasteiger partial charge in [-0.05, 0) is 185 Å². The van der Waals surface area contributed by atoms with Crippen molar-refractivity contribution in [2.24, 2.45) is 0 Å². The lowest BCUT2D eigenvalue weighted by molar-refractivity contribution is 0.600. The second-order valence-corrected chi connectivity index (χ2v) is 31.0. The lowest BCUT2D eigenvalue weighted by atomic mass is 9.72. The van der Waals surface area contributed by atoms with Gasteiger partial charge in [0.2, 0.25) is 0 Å². The molecular weight excluding hydrogens is 1190 g/mol. The molecule has 13 aromatic carbocycles. The summed E-state index contributed by atoms with van der Waals surface area (Å²) in [6.07, 6.45) is 0. The highest BCUT2D eigenvalue weighted by atomic mass is 16.3. The van der Waals surface area contributed by atoms with Crippen LogP contribution in [-0.4, -0.2) is 0 Å². The van der Waals surface area contributed by atoms with Gasteiger partial charge in [-0.2, -0.15) is 0 Å². The summed E-state index contributed by atoms with van der Waals surface area (Å²) in [5, 5.41) is 6.96. The van der Waals surface area contributed by atoms with Gasteiger partial charge in [0.05, 0.1) is 5.69 Å². The highest BCUT2D eigenvalue weighted by Crippen LogP contribution is 2.67. The van der Waals surface area contributed by atoms with Crippen LogP contribution in [0.25, 0.3) is 121 Å². The standard InChI is InChI=1S/C93H70N2O3/c1-89(2)66-47-53(41-44-58(66)74-69(89)50-70(86-77(74)61-33-19-24-38-71(61)96-86)95(51-27-13-11-14-28-51)52-29-15-12-16-30-52)94(54-42-45-59-67(48-54)92(7,8)82-75(59)78-62-34-20-25-39-72(62)97-87(78)80-56-31-17-22-36-64(56)90(3,4)84(80)82)55-43-46-60-68(49-55)93(9,10)83-76(60)79-63-35-21-26-40-73(63)98-88(79)81-57-32-18-23-37-65(57)91(5,6)85(81)83/h11-50H,1-10H3. The Morgan fingerprint density at radius 2 is 0.561 bits per heavy atom. The molecule has 21 rings (SSSR count). The molecule has 0 fully saturated rings. The molecule has 0 unspecified atom stereocenters. The minimum Gasteiger partial charge on any atom is -0.455 e. The van der Waals surface area contributed by atoms with E-state index >= 15 is 0 Å². The van der Waals surface area contributed by atoms with Gasteiger partial charge in [0, 0.05) is 99.0 Å². The van der Waals surface area contributed by atoms with Crippen molar-refractivity contribution >= 4 is 99.9 Å². The fourth-order valence-corrected chi connectivity index (χ4v) is 19.7. The van der Waals surface area contributed by atoms with Crippen molar-refractivity contribution in [1.29, 1.82) is 0 Å². The zero-order valence-corrected chi connectivity index (χ0v) is 56.7. The molecule has 16 aromatic rings. The summed E-state index contributed by atoms with van der Waals surface area (Å²) in [5.41, 5.74) is 36.0. The molecule has 5 aliphatic rings. The van der Waals surface area contributed by atoms with Crippen LogP contribution >= 0.6 is 0 Å². The summed E-state index contributed by atoms with van der Waals surface area (Å²) in [7, 11) is 0. The summed E-state index contributed by atoms with van der Waals surface area (Å²) < 4.78 is 21.5. The molecule has 0 N–H and O–H groups in total. The molecule has 0 amide bonds. The lowest BCUT2D eigenvalue weighted by Crippen LogP contribution is -2.24. The first-order chi connectivity index (χ1) is 47.4. The topological polar surface area (TPSA) is 45.9 Å². The van der Waals surface area contributed by atoms with E-state index in [1.165, 1.54) is 122 Å². The van der Waals surface area contributed by atoms with Crippen LogP contribution in [0.3, 0.4) is 0 Å². The minimum absolute atomic E-state index is 0.288. The molecule has 98 heavy (non-hydrogen) atoms. The number of anilines is 6. The van der Waals surface area contributed by atoms with Crippen LogP contribution in [0.15, 0.2) is 256 Å². The van der Waals surface area contributed by atoms with Gasteiger partial charge in [-0.1, -0.05) is 227 Å². The Morgan fingerprint density at radius 1 is 0.235 bits per heavy atom. The lowest BCUT2D eigenvalue weighted by Gasteiger charge is -2.33. The van der Waals surface area contributed by atoms with E-state index in [2.05, 4.69) is 322 Å². The van der Waals surface area contributed by atoms with Crippen molar-refractivity contribution in [2.45, 2.75) is 96.3 Å². The third kappa shape index (κ3) is 6.86. The van der Waals surface area contributed by atoms with E-state index in [0.717, 1.165) is 89.2 Å². The van der Waals surface area contributed by atoms with E-state index in [1.807, 2.05) is 0 Å². The van der Waals surface area contributed by atoms with Crippen LogP contribution in [0.4, 0.5) is 34.1 Å². The predicted molar refractivity (Wildman–Crippen MR) is 405 cm³/mol. The number of hydrogen-bond donors (Lipinski definition) is 0. The first-order valence-electron chi connectivity index (χ1n) is 34.8. The first kappa shape index (κ1) is 56.1. The number of benzene rings is 13. The molecular formula is C93H70N2O3. The fourth-order valence-electron chi connectivity index (χ4n) is 19.7. The van der Waals surface area contributed by atoms with Crippen molar-refractivity contribution in [1.82, 2.24) is 0 Å². The summed E-state index contributed by atoms with van der Waals surface area (Å²) >= 11 is 0. The van der Waals surface area contributed by atoms with Crippen molar-refractivity contribution in [3.8, 4) is 55.6 Å². The third-order valence-electron chi connectivity index (χ3n) is 24.1. The van der Waals surface area contributed by atoms with Crippen LogP contribution in [-0.2, 0) is 27.1 Å². The SMILES string of the molecule is CC1(C)c2cc(N(c3ccc4c(c3)C(C)(C)c3c5c(c6oc7ccccc7c6c3-4)-c3ccccc3C5(C)C)c3ccc4c(c3)C(C)(C)c3c5c(c6oc7ccccc7c6c3-4)-c3ccccc3C5(C)C)ccc2-c2c1cc(N(c1ccccc1)c1ccccc1)c1oc3ccccc3c21. The molecule has 3 heterocycles. The fraction of sp³-hybridized carbons (Fsp3) is 0.161. The van der Waals surface area contributed by atoms with E-state index < -0.39 is 16.2 Å². The second kappa shape index (κ2) is 18.7. The van der Waals surface area contributed by atoms with Crippen molar-refractivity contribution in [3.63, 3.8) is 0 Å². The molecule has 3 aromatic heterocycles. The van der Waals surface area contributed by atoms with Crippen LogP contribution in [0.5, 0.6) is 0 Å². The molecule has 0 spiro atoms. The van der Waals surface area contributed by atoms with Gasteiger partial charge in [-0.25, -0.2) is 0 Å². The summed E-state index contributed by atoms with van der Waals surface area (Å²) in [6, 6.07) is 90.2. The van der Waals surface area contributed by atoms with Crippen LogP contribution in [0.2, 0.25) is 0 Å². The number of nitrogens with zero attached hydrogens (tertiary/aromatic N) is 2. The first-order valence-corrected chi connectivity index (χ1v) is 34.8. The molecule has 0 atom stereocenters. The molecule has 5 aliphatic carbocycles. The number of hydrogen-bond acceptors (Lipinski definition) is 5. The Bertz CT molecular complexity index is 5990. The maximum Gasteiger partial charge on any atom is 0.160 e. The van der Waals surface area contributed by atoms with E-state index in [9.17, 15) is 0 Å². The van der Waals surface area contributed by atoms with Gasteiger partial charge >= 0.3 is 0 Å². The van der Waals surface area contributed by atoms with E-state index in [4.69, 9.17) is 13.3 Å². The molecule has 0 saturated heterocycles. The monoisotopic (exact) mass is 1260 g/mol. The predicted octanol–water partition coefficient (Wildman–Crippen LogP) is 25.9. The third-order valence-corrected chi connectivity index (χ3v) is 24.1. The maximum atomic E-state index is 7.17. The molecule has 5 nitrogen and oxygen atoms in total. The van der Waals surface area contributed by atoms with Gasteiger partial charge < -0.3 is 23.1 Å². The normalized spacial score (nSPS) is 16.1. The number of para-hydroxylation sites is 5. The smallest absolute Gasteiger partial charge is 0.160 e. The van der Waals surface area contributed by atoms with Crippen molar-refractivity contribution in [2.75, 3.05) is 9.80 Å². The van der Waals surface area contributed by atoms with Crippen molar-refractivity contribution in [3.05, 3.63) is 298 Å². The average molecular weight is 1260 g/mol. The van der Waals surface area contributed by atoms with Gasteiger partial charge in [0.25, 0.3) is 0 Å². The van der Waals surface area contributed by atoms with Crippen LogP contribution in [0, 0.1) is 0 Å². The second-order valence-electron chi connectivity index (χ2n) is 31.0. The molecule has 0 radical (unpaired) electrons. The minimum atomic E-state index is -0.456. The summed E-state index contributed by atoms with van der Waals surface area (Å²) in [4.78, 5) is 4.96. The largest absolute Gasteiger partial charge is 0.455 e. The highest BCUT2D eigenvalue weighted by molar-refractivity contribution is 6.24. The highest BCUT2D eigenvalue weighted by Gasteiger charge is 2.51. The number of fused-ring (bicyclic) bond motifs is 31. The molecule has 0 saturated carbocycles. The quantitative estimate of drug-likeness (QED) is 0.166. The molecule has 0 aliphatic heterocycles. The van der Waals surface area contributed by atoms with E-state index in [-0.39, 0.29) is 10.8 Å². The zero-order valence-electron chi connectivity index (χ0n) is 56.7. The Kier molecular flexibility index (Phi) is 10.7. The Balaban J connectivity index is 0.811. The average Bonchev–Trinajstić information content (AvgIpc) is 1.51. The van der Waals surface area contributed by atoms with Crippen molar-refractivity contribution < 1.29 is 13.3 Å². The van der Waals surface area contributed by atoms with Crippen LogP contribution < -0.4 is 9.80 Å². The Hall–Kier alpha value is -11.1. The summed E-state index contributed by atoms with van der Waals surface area (Å²) in [5.74, 6) is 0. The molecule has 470 valence electrons. The van der Waals surface area contributed by atoms with Gasteiger partial charge in [0.1, 0.15) is 27.9 Å². The Morgan fingerprint density at radius 3 is 1.00 bits per heavy atom. The van der Waals surface area contributed by atoms with Gasteiger partial charge in [-0.15, -0.1) is 0 Å². The van der Waals surface area contributed by atoms with Gasteiger partial charge in [-0.3, -0.25) is 0 Å². The summed E-state index contributed by atoms with van der Waals surface area (Å²) in [6.45, 7) is 24.5. The molecule has 5 heteroatoms. The van der Waals surface area contributed by atoms with Gasteiger partial charge in [0.15, 0.2) is 5.58 Å². The van der Waals surface area contributed by atoms with E-state index in [0.29, 0.717) is 0 Å². The zero-order chi connectivity index (χ0) is 66.0. The van der Waals surface area contributed by atoms with E-state index in [1.54, 1.807) is 0 Å².